The summed E-state index contributed by atoms with van der Waals surface area (Å²) in [7, 11) is 0. The van der Waals surface area contributed by atoms with Gasteiger partial charge >= 0.3 is 11.9 Å². The summed E-state index contributed by atoms with van der Waals surface area (Å²) in [6.07, 6.45) is 1.54. The normalized spacial score (nSPS) is 11.5. The Hall–Kier alpha value is -4.30. The van der Waals surface area contributed by atoms with E-state index in [0.717, 1.165) is 22.4 Å². The summed E-state index contributed by atoms with van der Waals surface area (Å²) in [6, 6.07) is 24.2. The Balaban J connectivity index is 0.000000305. The molecule has 220 valence electrons. The molecule has 0 amide bonds. The molecule has 0 aliphatic carbocycles. The fourth-order valence-electron chi connectivity index (χ4n) is 3.56. The second-order valence-electron chi connectivity index (χ2n) is 8.57. The van der Waals surface area contributed by atoms with Crippen LogP contribution in [0.5, 0.6) is 11.5 Å². The van der Waals surface area contributed by atoms with E-state index in [9.17, 15) is 9.59 Å². The van der Waals surface area contributed by atoms with Gasteiger partial charge in [0.05, 0.1) is 19.8 Å². The zero-order valence-corrected chi connectivity index (χ0v) is 24.2. The predicted octanol–water partition coefficient (Wildman–Crippen LogP) is 6.11. The Bertz CT molecular complexity index is 1190. The molecule has 0 aliphatic heterocycles. The van der Waals surface area contributed by atoms with Crippen molar-refractivity contribution in [3.05, 3.63) is 101 Å². The first-order valence-electron chi connectivity index (χ1n) is 13.7. The largest absolute Gasteiger partial charge is 0.508 e. The third-order valence-electron chi connectivity index (χ3n) is 5.48. The molecule has 1 unspecified atom stereocenters. The summed E-state index contributed by atoms with van der Waals surface area (Å²) in [5.74, 6) is 0.381. The summed E-state index contributed by atoms with van der Waals surface area (Å²) in [4.78, 5) is 23.4. The van der Waals surface area contributed by atoms with Crippen LogP contribution < -0.4 is 4.74 Å². The fraction of sp³-hybridized carbons (Fsp3) is 0.333. The van der Waals surface area contributed by atoms with Gasteiger partial charge in [-0.1, -0.05) is 54.6 Å². The molecule has 0 fully saturated rings. The number of rotatable bonds is 14. The maximum atomic E-state index is 11.8. The molecule has 0 saturated carbocycles. The predicted molar refractivity (Wildman–Crippen MR) is 157 cm³/mol. The van der Waals surface area contributed by atoms with E-state index in [1.54, 1.807) is 44.2 Å². The van der Waals surface area contributed by atoms with Crippen molar-refractivity contribution in [3.63, 3.8) is 0 Å². The maximum Gasteiger partial charge on any atom is 0.373 e. The van der Waals surface area contributed by atoms with E-state index in [2.05, 4.69) is 0 Å². The molecule has 1 atom stereocenters. The highest BCUT2D eigenvalue weighted by molar-refractivity contribution is 5.91. The molecule has 41 heavy (non-hydrogen) atoms. The van der Waals surface area contributed by atoms with E-state index in [4.69, 9.17) is 28.8 Å². The number of phenolic OH excluding ortho intramolecular Hbond substituents is 1. The van der Waals surface area contributed by atoms with Crippen LogP contribution in [-0.2, 0) is 41.6 Å². The van der Waals surface area contributed by atoms with Crippen LogP contribution in [0, 0.1) is 0 Å². The molecular weight excluding hydrogens is 524 g/mol. The van der Waals surface area contributed by atoms with Crippen LogP contribution in [0.25, 0.3) is 6.08 Å². The van der Waals surface area contributed by atoms with Crippen LogP contribution in [0.4, 0.5) is 0 Å². The van der Waals surface area contributed by atoms with E-state index in [1.807, 2.05) is 68.4 Å². The van der Waals surface area contributed by atoms with E-state index in [1.165, 1.54) is 0 Å². The van der Waals surface area contributed by atoms with Gasteiger partial charge in [0.15, 0.2) is 6.10 Å². The molecule has 0 saturated heterocycles. The lowest BCUT2D eigenvalue weighted by Crippen LogP contribution is -2.28. The molecule has 1 N–H and O–H groups in total. The van der Waals surface area contributed by atoms with Crippen molar-refractivity contribution in [1.29, 1.82) is 0 Å². The van der Waals surface area contributed by atoms with Crippen molar-refractivity contribution < 1.29 is 38.4 Å². The maximum absolute atomic E-state index is 11.8. The molecule has 0 spiro atoms. The monoisotopic (exact) mass is 564 g/mol. The average molecular weight is 565 g/mol. The molecule has 3 aromatic rings. The summed E-state index contributed by atoms with van der Waals surface area (Å²) in [6.45, 7) is 9.24. The molecule has 8 heteroatoms. The molecule has 0 bridgehead atoms. The van der Waals surface area contributed by atoms with Crippen LogP contribution in [-0.4, -0.2) is 49.6 Å². The first-order chi connectivity index (χ1) is 19.9. The average Bonchev–Trinajstić information content (AvgIpc) is 2.98. The summed E-state index contributed by atoms with van der Waals surface area (Å²) >= 11 is 0. The van der Waals surface area contributed by atoms with Gasteiger partial charge in [-0.3, -0.25) is 0 Å². The topological polar surface area (TPSA) is 101 Å². The first-order valence-corrected chi connectivity index (χ1v) is 13.7. The lowest BCUT2D eigenvalue weighted by Gasteiger charge is -2.15. The molecular formula is C33H40O8. The number of hydrogen-bond donors (Lipinski definition) is 1. The number of ether oxygens (including phenoxy) is 5. The molecule has 0 heterocycles. The van der Waals surface area contributed by atoms with E-state index >= 15 is 0 Å². The van der Waals surface area contributed by atoms with E-state index in [-0.39, 0.29) is 17.5 Å². The zero-order valence-electron chi connectivity index (χ0n) is 24.2. The first kappa shape index (κ1) is 32.9. The summed E-state index contributed by atoms with van der Waals surface area (Å²) in [5, 5.41) is 9.16. The van der Waals surface area contributed by atoms with Crippen molar-refractivity contribution >= 4 is 18.0 Å². The van der Waals surface area contributed by atoms with Gasteiger partial charge in [-0.25, -0.2) is 9.59 Å². The Morgan fingerprint density at radius 1 is 0.732 bits per heavy atom. The van der Waals surface area contributed by atoms with Crippen LogP contribution in [0.15, 0.2) is 84.6 Å². The Kier molecular flexibility index (Phi) is 15.2. The number of benzene rings is 3. The molecule has 8 nitrogen and oxygen atoms in total. The second-order valence-corrected chi connectivity index (χ2v) is 8.57. The Morgan fingerprint density at radius 2 is 1.37 bits per heavy atom. The Morgan fingerprint density at radius 3 is 1.95 bits per heavy atom. The number of phenols is 1. The highest BCUT2D eigenvalue weighted by atomic mass is 16.6. The number of carbonyl (C=O) groups is 2. The van der Waals surface area contributed by atoms with Gasteiger partial charge in [0.2, 0.25) is 5.76 Å². The zero-order chi connectivity index (χ0) is 29.9. The van der Waals surface area contributed by atoms with Crippen molar-refractivity contribution in [3.8, 4) is 11.5 Å². The lowest BCUT2D eigenvalue weighted by molar-refractivity contribution is -0.156. The van der Waals surface area contributed by atoms with Crippen LogP contribution in [0.3, 0.4) is 0 Å². The number of esters is 2. The van der Waals surface area contributed by atoms with E-state index in [0.29, 0.717) is 39.5 Å². The highest BCUT2D eigenvalue weighted by Gasteiger charge is 2.20. The van der Waals surface area contributed by atoms with Gasteiger partial charge in [-0.15, -0.1) is 0 Å². The second kappa shape index (κ2) is 18.9. The molecule has 3 aromatic carbocycles. The minimum atomic E-state index is -0.579. The minimum Gasteiger partial charge on any atom is -0.508 e. The Labute approximate surface area is 242 Å². The van der Waals surface area contributed by atoms with Gasteiger partial charge in [0.1, 0.15) is 18.1 Å². The van der Waals surface area contributed by atoms with Crippen LogP contribution in [0.1, 0.15) is 44.4 Å². The van der Waals surface area contributed by atoms with E-state index < -0.39 is 12.1 Å². The van der Waals surface area contributed by atoms with Crippen molar-refractivity contribution in [1.82, 2.24) is 0 Å². The van der Waals surface area contributed by atoms with Crippen molar-refractivity contribution in [2.75, 3.05) is 26.4 Å². The summed E-state index contributed by atoms with van der Waals surface area (Å²) in [5.41, 5.74) is 2.88. The van der Waals surface area contributed by atoms with Gasteiger partial charge < -0.3 is 28.8 Å². The van der Waals surface area contributed by atoms with Gasteiger partial charge in [-0.2, -0.15) is 0 Å². The van der Waals surface area contributed by atoms with Gasteiger partial charge in [0.25, 0.3) is 0 Å². The third-order valence-corrected chi connectivity index (χ3v) is 5.48. The lowest BCUT2D eigenvalue weighted by atomic mass is 10.1. The molecule has 0 aromatic heterocycles. The van der Waals surface area contributed by atoms with Crippen molar-refractivity contribution in [2.45, 2.75) is 46.8 Å². The molecule has 0 radical (unpaired) electrons. The van der Waals surface area contributed by atoms with Gasteiger partial charge in [-0.05, 0) is 74.7 Å². The van der Waals surface area contributed by atoms with Crippen LogP contribution >= 0.6 is 0 Å². The number of hydrogen-bond acceptors (Lipinski definition) is 8. The quantitative estimate of drug-likeness (QED) is 0.142. The van der Waals surface area contributed by atoms with Gasteiger partial charge in [0, 0.05) is 13.0 Å². The number of aromatic hydroxyl groups is 1. The number of carbonyl (C=O) groups excluding carboxylic acids is 2. The molecule has 3 rings (SSSR count). The smallest absolute Gasteiger partial charge is 0.373 e. The SMILES string of the molecule is CCOC(=O)C(=Cc1ccc(OCc2ccccc2)cc1)OCC.CCOC(=O)C(Cc1ccc(O)cc1)OCC. The van der Waals surface area contributed by atoms with Crippen molar-refractivity contribution in [2.24, 2.45) is 0 Å². The van der Waals surface area contributed by atoms with Crippen LogP contribution in [0.2, 0.25) is 0 Å². The standard InChI is InChI=1S/C20H22O4.C13H18O4/c1-3-22-19(20(21)23-4-2)14-16-10-12-18(13-11-16)24-15-17-8-6-5-7-9-17;1-3-16-12(13(15)17-4-2)9-10-5-7-11(14)8-6-10/h5-14H,3-4,15H2,1-2H3;5-8,12,14H,3-4,9H2,1-2H3. The third kappa shape index (κ3) is 12.6. The summed E-state index contributed by atoms with van der Waals surface area (Å²) < 4.78 is 26.4. The minimum absolute atomic E-state index is 0.206. The molecule has 0 aliphatic rings. The fourth-order valence-corrected chi connectivity index (χ4v) is 3.56. The highest BCUT2D eigenvalue weighted by Crippen LogP contribution is 2.17.